The summed E-state index contributed by atoms with van der Waals surface area (Å²) in [5, 5.41) is 3.28. The third-order valence-electron chi connectivity index (χ3n) is 2.97. The normalized spacial score (nSPS) is 23.0. The number of hydrogen-bond donors (Lipinski definition) is 1. The van der Waals surface area contributed by atoms with Crippen molar-refractivity contribution in [3.05, 3.63) is 0 Å². The first kappa shape index (κ1) is 13.3. The number of hydrogen-bond acceptors (Lipinski definition) is 3. The van der Waals surface area contributed by atoms with E-state index in [9.17, 15) is 0 Å². The van der Waals surface area contributed by atoms with Crippen molar-refractivity contribution < 1.29 is 0 Å². The van der Waals surface area contributed by atoms with Crippen LogP contribution < -0.4 is 5.32 Å². The molecule has 2 nitrogen and oxygen atoms in total. The predicted molar refractivity (Wildman–Crippen MR) is 70.5 cm³/mol. The lowest BCUT2D eigenvalue weighted by molar-refractivity contribution is 0.266. The van der Waals surface area contributed by atoms with Crippen LogP contribution >= 0.6 is 11.8 Å². The Morgan fingerprint density at radius 2 is 1.53 bits per heavy atom. The van der Waals surface area contributed by atoms with Crippen molar-refractivity contribution in [3.8, 4) is 0 Å². The van der Waals surface area contributed by atoms with Gasteiger partial charge in [-0.3, -0.25) is 4.90 Å². The highest BCUT2D eigenvalue weighted by atomic mass is 32.2. The Labute approximate surface area is 99.2 Å². The molecule has 0 aliphatic carbocycles. The predicted octanol–water partition coefficient (Wildman–Crippen LogP) is 2.55. The van der Waals surface area contributed by atoms with Gasteiger partial charge in [0.1, 0.15) is 0 Å². The maximum absolute atomic E-state index is 3.28. The molecular formula is C12H26N2S. The molecule has 0 atom stereocenters. The molecule has 2 rings (SSSR count). The van der Waals surface area contributed by atoms with Crippen LogP contribution in [0.4, 0.5) is 0 Å². The first-order valence-electron chi connectivity index (χ1n) is 6.35. The molecule has 2 aliphatic rings. The summed E-state index contributed by atoms with van der Waals surface area (Å²) in [6, 6.07) is 0. The van der Waals surface area contributed by atoms with Crippen molar-refractivity contribution in [2.24, 2.45) is 0 Å². The molecule has 0 amide bonds. The summed E-state index contributed by atoms with van der Waals surface area (Å²) in [5.74, 6) is 1.24. The zero-order valence-corrected chi connectivity index (χ0v) is 11.0. The van der Waals surface area contributed by atoms with E-state index < -0.39 is 0 Å². The van der Waals surface area contributed by atoms with Gasteiger partial charge in [0, 0.05) is 5.88 Å². The minimum absolute atomic E-state index is 1.24. The molecule has 90 valence electrons. The van der Waals surface area contributed by atoms with Gasteiger partial charge in [-0.05, 0) is 58.1 Å². The molecule has 0 aromatic heterocycles. The SMILES string of the molecule is C1CCNCC1.CSCN1CCCCC1. The molecule has 15 heavy (non-hydrogen) atoms. The Balaban J connectivity index is 0.000000162. The van der Waals surface area contributed by atoms with Gasteiger partial charge in [-0.15, -0.1) is 11.8 Å². The number of nitrogens with one attached hydrogen (secondary N) is 1. The first-order chi connectivity index (χ1) is 7.43. The van der Waals surface area contributed by atoms with E-state index in [1.165, 1.54) is 70.6 Å². The number of nitrogens with zero attached hydrogens (tertiary/aromatic N) is 1. The maximum atomic E-state index is 3.28. The van der Waals surface area contributed by atoms with Crippen LogP contribution in [0.15, 0.2) is 0 Å². The largest absolute Gasteiger partial charge is 0.317 e. The molecule has 3 heteroatoms. The zero-order chi connectivity index (χ0) is 10.8. The summed E-state index contributed by atoms with van der Waals surface area (Å²) in [4.78, 5) is 2.54. The zero-order valence-electron chi connectivity index (χ0n) is 10.1. The quantitative estimate of drug-likeness (QED) is 0.785. The first-order valence-corrected chi connectivity index (χ1v) is 7.75. The van der Waals surface area contributed by atoms with Gasteiger partial charge in [0.05, 0.1) is 0 Å². The lowest BCUT2D eigenvalue weighted by atomic mass is 10.1. The van der Waals surface area contributed by atoms with Crippen molar-refractivity contribution >= 4 is 11.8 Å². The Bertz CT molecular complexity index is 117. The van der Waals surface area contributed by atoms with Crippen molar-refractivity contribution in [3.63, 3.8) is 0 Å². The standard InChI is InChI=1S/C7H15NS.C5H11N/c1-9-7-8-5-3-2-4-6-8;1-2-4-6-5-3-1/h2-7H2,1H3;6H,1-5H2. The third kappa shape index (κ3) is 7.20. The Hall–Kier alpha value is 0.270. The number of likely N-dealkylation sites (tertiary alicyclic amines) is 1. The summed E-state index contributed by atoms with van der Waals surface area (Å²) in [7, 11) is 0. The van der Waals surface area contributed by atoms with Gasteiger partial charge in [-0.1, -0.05) is 12.8 Å². The fourth-order valence-electron chi connectivity index (χ4n) is 2.07. The second kappa shape index (κ2) is 9.49. The van der Waals surface area contributed by atoms with Gasteiger partial charge in [0.15, 0.2) is 0 Å². The van der Waals surface area contributed by atoms with Crippen LogP contribution in [0.1, 0.15) is 38.5 Å². The molecule has 0 aromatic carbocycles. The van der Waals surface area contributed by atoms with E-state index in [4.69, 9.17) is 0 Å². The molecule has 2 saturated heterocycles. The summed E-state index contributed by atoms with van der Waals surface area (Å²) in [6.45, 7) is 5.17. The average Bonchev–Trinajstić information content (AvgIpc) is 2.34. The second-order valence-corrected chi connectivity index (χ2v) is 5.24. The summed E-state index contributed by atoms with van der Waals surface area (Å²) < 4.78 is 0. The topological polar surface area (TPSA) is 15.3 Å². The molecule has 0 unspecified atom stereocenters. The number of piperidine rings is 2. The van der Waals surface area contributed by atoms with Gasteiger partial charge < -0.3 is 5.32 Å². The monoisotopic (exact) mass is 230 g/mol. The van der Waals surface area contributed by atoms with E-state index in [0.29, 0.717) is 0 Å². The molecule has 2 heterocycles. The van der Waals surface area contributed by atoms with Gasteiger partial charge in [0.25, 0.3) is 0 Å². The van der Waals surface area contributed by atoms with E-state index in [1.807, 2.05) is 11.8 Å². The molecule has 0 aromatic rings. The second-order valence-electron chi connectivity index (χ2n) is 4.41. The molecule has 0 bridgehead atoms. The Morgan fingerprint density at radius 1 is 0.933 bits per heavy atom. The highest BCUT2D eigenvalue weighted by molar-refractivity contribution is 7.98. The van der Waals surface area contributed by atoms with Crippen LogP contribution in [0, 0.1) is 0 Å². The molecule has 0 spiro atoms. The van der Waals surface area contributed by atoms with E-state index in [0.717, 1.165) is 0 Å². The minimum atomic E-state index is 1.24. The minimum Gasteiger partial charge on any atom is -0.317 e. The molecule has 2 aliphatic heterocycles. The summed E-state index contributed by atoms with van der Waals surface area (Å²) >= 11 is 1.93. The Morgan fingerprint density at radius 3 is 1.93 bits per heavy atom. The van der Waals surface area contributed by atoms with Crippen LogP contribution in [0.3, 0.4) is 0 Å². The highest BCUT2D eigenvalue weighted by Crippen LogP contribution is 2.10. The fraction of sp³-hybridized carbons (Fsp3) is 1.00. The molecule has 2 fully saturated rings. The lowest BCUT2D eigenvalue weighted by Gasteiger charge is -2.25. The average molecular weight is 230 g/mol. The maximum Gasteiger partial charge on any atom is 0.0441 e. The molecular weight excluding hydrogens is 204 g/mol. The van der Waals surface area contributed by atoms with Gasteiger partial charge >= 0.3 is 0 Å². The third-order valence-corrected chi connectivity index (χ3v) is 3.59. The number of rotatable bonds is 2. The van der Waals surface area contributed by atoms with E-state index in [2.05, 4.69) is 16.5 Å². The van der Waals surface area contributed by atoms with E-state index in [1.54, 1.807) is 0 Å². The van der Waals surface area contributed by atoms with Crippen LogP contribution in [0.2, 0.25) is 0 Å². The van der Waals surface area contributed by atoms with Crippen molar-refractivity contribution in [2.75, 3.05) is 38.3 Å². The van der Waals surface area contributed by atoms with Crippen molar-refractivity contribution in [2.45, 2.75) is 38.5 Å². The smallest absolute Gasteiger partial charge is 0.0441 e. The molecule has 0 radical (unpaired) electrons. The van der Waals surface area contributed by atoms with Gasteiger partial charge in [-0.25, -0.2) is 0 Å². The summed E-state index contributed by atoms with van der Waals surface area (Å²) in [5.41, 5.74) is 0. The van der Waals surface area contributed by atoms with Crippen LogP contribution in [-0.2, 0) is 0 Å². The van der Waals surface area contributed by atoms with E-state index >= 15 is 0 Å². The Kier molecular flexibility index (Phi) is 8.44. The van der Waals surface area contributed by atoms with Crippen molar-refractivity contribution in [1.82, 2.24) is 10.2 Å². The molecule has 1 N–H and O–H groups in total. The van der Waals surface area contributed by atoms with Crippen LogP contribution in [-0.4, -0.2) is 43.2 Å². The molecule has 0 saturated carbocycles. The van der Waals surface area contributed by atoms with E-state index in [-0.39, 0.29) is 0 Å². The van der Waals surface area contributed by atoms with Crippen LogP contribution in [0.5, 0.6) is 0 Å². The van der Waals surface area contributed by atoms with Crippen LogP contribution in [0.25, 0.3) is 0 Å². The van der Waals surface area contributed by atoms with Crippen molar-refractivity contribution in [1.29, 1.82) is 0 Å². The summed E-state index contributed by atoms with van der Waals surface area (Å²) in [6.07, 6.45) is 10.7. The highest BCUT2D eigenvalue weighted by Gasteiger charge is 2.07. The van der Waals surface area contributed by atoms with Gasteiger partial charge in [0.2, 0.25) is 0 Å². The lowest BCUT2D eigenvalue weighted by Crippen LogP contribution is -2.28. The number of thioether (sulfide) groups is 1. The fourth-order valence-corrected chi connectivity index (χ4v) is 2.70. The van der Waals surface area contributed by atoms with Gasteiger partial charge in [-0.2, -0.15) is 0 Å².